The Labute approximate surface area is 151 Å². The summed E-state index contributed by atoms with van der Waals surface area (Å²) >= 11 is 0. The number of hydrogen-bond donors (Lipinski definition) is 1. The first kappa shape index (κ1) is 18.1. The zero-order valence-corrected chi connectivity index (χ0v) is 14.3. The number of carbonyl (C=O) groups excluding carboxylic acids is 2. The van der Waals surface area contributed by atoms with E-state index in [9.17, 15) is 14.7 Å². The fourth-order valence-electron chi connectivity index (χ4n) is 2.81. The van der Waals surface area contributed by atoms with Gasteiger partial charge in [-0.2, -0.15) is 0 Å². The van der Waals surface area contributed by atoms with E-state index in [2.05, 4.69) is 0 Å². The van der Waals surface area contributed by atoms with Crippen molar-refractivity contribution in [2.24, 2.45) is 0 Å². The lowest BCUT2D eigenvalue weighted by molar-refractivity contribution is -0.242. The van der Waals surface area contributed by atoms with E-state index in [1.54, 1.807) is 67.6 Å². The standard InChI is InChI=1S/C20H20O6/c1-13-12-16(25-18(21)14-8-4-2-5-9-14)17(20(23)24-13)26-19(22)15-10-6-3-7-11-15/h2-11,13,16-17,20,23H,12H2,1H3/t13-,16+,17-,20-/m1/s1. The summed E-state index contributed by atoms with van der Waals surface area (Å²) in [6.07, 6.45) is -3.33. The van der Waals surface area contributed by atoms with Gasteiger partial charge in [-0.05, 0) is 31.2 Å². The minimum atomic E-state index is -1.38. The number of aliphatic hydroxyl groups is 1. The summed E-state index contributed by atoms with van der Waals surface area (Å²) in [4.78, 5) is 24.7. The second kappa shape index (κ2) is 8.12. The van der Waals surface area contributed by atoms with Crippen LogP contribution < -0.4 is 0 Å². The fraction of sp³-hybridized carbons (Fsp3) is 0.300. The van der Waals surface area contributed by atoms with Crippen LogP contribution in [-0.2, 0) is 14.2 Å². The molecule has 1 N–H and O–H groups in total. The molecule has 2 aromatic rings. The van der Waals surface area contributed by atoms with E-state index in [0.717, 1.165) is 0 Å². The van der Waals surface area contributed by atoms with Gasteiger partial charge in [-0.25, -0.2) is 9.59 Å². The first-order valence-corrected chi connectivity index (χ1v) is 8.40. The number of hydrogen-bond acceptors (Lipinski definition) is 6. The molecule has 0 spiro atoms. The monoisotopic (exact) mass is 356 g/mol. The molecule has 0 aliphatic carbocycles. The highest BCUT2D eigenvalue weighted by Crippen LogP contribution is 2.25. The molecule has 1 fully saturated rings. The van der Waals surface area contributed by atoms with Crippen LogP contribution >= 0.6 is 0 Å². The van der Waals surface area contributed by atoms with Gasteiger partial charge in [-0.3, -0.25) is 0 Å². The van der Waals surface area contributed by atoms with Crippen LogP contribution in [0.2, 0.25) is 0 Å². The van der Waals surface area contributed by atoms with Crippen molar-refractivity contribution in [2.45, 2.75) is 37.9 Å². The summed E-state index contributed by atoms with van der Waals surface area (Å²) in [6.45, 7) is 1.75. The Morgan fingerprint density at radius 3 is 1.96 bits per heavy atom. The Hall–Kier alpha value is -2.70. The fourth-order valence-corrected chi connectivity index (χ4v) is 2.81. The van der Waals surface area contributed by atoms with Crippen LogP contribution in [0.1, 0.15) is 34.1 Å². The highest BCUT2D eigenvalue weighted by Gasteiger charge is 2.42. The van der Waals surface area contributed by atoms with E-state index in [0.29, 0.717) is 17.5 Å². The maximum absolute atomic E-state index is 12.3. The number of benzene rings is 2. The molecular weight excluding hydrogens is 336 g/mol. The number of esters is 2. The highest BCUT2D eigenvalue weighted by molar-refractivity contribution is 5.90. The summed E-state index contributed by atoms with van der Waals surface area (Å²) < 4.78 is 16.2. The zero-order chi connectivity index (χ0) is 18.5. The SMILES string of the molecule is C[C@@H]1C[C@H](OC(=O)c2ccccc2)[C@@H](OC(=O)c2ccccc2)[C@H](O)O1. The summed E-state index contributed by atoms with van der Waals surface area (Å²) in [6, 6.07) is 16.9. The van der Waals surface area contributed by atoms with Crippen molar-refractivity contribution < 1.29 is 28.9 Å². The van der Waals surface area contributed by atoms with E-state index < -0.39 is 30.4 Å². The summed E-state index contributed by atoms with van der Waals surface area (Å²) in [5.41, 5.74) is 0.723. The van der Waals surface area contributed by atoms with E-state index in [-0.39, 0.29) is 6.10 Å². The van der Waals surface area contributed by atoms with Crippen LogP contribution in [0.15, 0.2) is 60.7 Å². The van der Waals surface area contributed by atoms with Crippen molar-refractivity contribution in [2.75, 3.05) is 0 Å². The lowest BCUT2D eigenvalue weighted by Gasteiger charge is -2.37. The molecule has 1 saturated heterocycles. The number of rotatable bonds is 4. The molecule has 6 heteroatoms. The van der Waals surface area contributed by atoms with Gasteiger partial charge in [0.15, 0.2) is 12.4 Å². The average Bonchev–Trinajstić information content (AvgIpc) is 2.65. The van der Waals surface area contributed by atoms with E-state index in [1.807, 2.05) is 0 Å². The molecule has 26 heavy (non-hydrogen) atoms. The highest BCUT2D eigenvalue weighted by atomic mass is 16.7. The number of carbonyl (C=O) groups is 2. The molecule has 3 rings (SSSR count). The molecule has 0 amide bonds. The minimum Gasteiger partial charge on any atom is -0.455 e. The van der Waals surface area contributed by atoms with Crippen molar-refractivity contribution in [3.05, 3.63) is 71.8 Å². The maximum atomic E-state index is 12.3. The number of aliphatic hydroxyl groups excluding tert-OH is 1. The third-order valence-corrected chi connectivity index (χ3v) is 4.10. The molecule has 1 heterocycles. The van der Waals surface area contributed by atoms with Crippen LogP contribution in [0, 0.1) is 0 Å². The normalized spacial score (nSPS) is 25.3. The van der Waals surface area contributed by atoms with Crippen molar-refractivity contribution in [3.63, 3.8) is 0 Å². The van der Waals surface area contributed by atoms with Crippen molar-refractivity contribution in [1.82, 2.24) is 0 Å². The first-order valence-electron chi connectivity index (χ1n) is 8.40. The lowest BCUT2D eigenvalue weighted by Crippen LogP contribution is -2.51. The molecule has 0 bridgehead atoms. The van der Waals surface area contributed by atoms with Gasteiger partial charge < -0.3 is 19.3 Å². The van der Waals surface area contributed by atoms with Crippen LogP contribution in [0.3, 0.4) is 0 Å². The topological polar surface area (TPSA) is 82.1 Å². The predicted octanol–water partition coefficient (Wildman–Crippen LogP) is 2.56. The van der Waals surface area contributed by atoms with E-state index >= 15 is 0 Å². The Bertz CT molecular complexity index is 745. The van der Waals surface area contributed by atoms with Crippen molar-refractivity contribution in [1.29, 1.82) is 0 Å². The van der Waals surface area contributed by atoms with Gasteiger partial charge in [-0.1, -0.05) is 36.4 Å². The zero-order valence-electron chi connectivity index (χ0n) is 14.3. The first-order chi connectivity index (χ1) is 12.5. The van der Waals surface area contributed by atoms with Gasteiger partial charge in [0.1, 0.15) is 6.10 Å². The summed E-state index contributed by atoms with van der Waals surface area (Å²) in [5.74, 6) is -1.16. The molecule has 136 valence electrons. The van der Waals surface area contributed by atoms with Gasteiger partial charge in [0.25, 0.3) is 0 Å². The average molecular weight is 356 g/mol. The van der Waals surface area contributed by atoms with Crippen molar-refractivity contribution in [3.8, 4) is 0 Å². The summed E-state index contributed by atoms with van der Waals surface area (Å²) in [7, 11) is 0. The molecule has 1 aliphatic heterocycles. The summed E-state index contributed by atoms with van der Waals surface area (Å²) in [5, 5.41) is 10.2. The van der Waals surface area contributed by atoms with Gasteiger partial charge in [0.2, 0.25) is 0 Å². The second-order valence-electron chi connectivity index (χ2n) is 6.12. The third kappa shape index (κ3) is 4.28. The Balaban J connectivity index is 1.74. The van der Waals surface area contributed by atoms with E-state index in [1.165, 1.54) is 0 Å². The van der Waals surface area contributed by atoms with Gasteiger partial charge in [0, 0.05) is 6.42 Å². The maximum Gasteiger partial charge on any atom is 0.338 e. The molecule has 0 saturated carbocycles. The number of ether oxygens (including phenoxy) is 3. The van der Waals surface area contributed by atoms with Crippen LogP contribution in [0.25, 0.3) is 0 Å². The Kier molecular flexibility index (Phi) is 5.65. The van der Waals surface area contributed by atoms with Crippen LogP contribution in [-0.4, -0.2) is 41.6 Å². The molecular formula is C20H20O6. The largest absolute Gasteiger partial charge is 0.455 e. The molecule has 2 aromatic carbocycles. The Morgan fingerprint density at radius 1 is 0.923 bits per heavy atom. The molecule has 6 nitrogen and oxygen atoms in total. The van der Waals surface area contributed by atoms with Crippen LogP contribution in [0.5, 0.6) is 0 Å². The lowest BCUT2D eigenvalue weighted by atomic mass is 10.0. The van der Waals surface area contributed by atoms with E-state index in [4.69, 9.17) is 14.2 Å². The molecule has 0 unspecified atom stereocenters. The molecule has 1 aliphatic rings. The quantitative estimate of drug-likeness (QED) is 0.848. The third-order valence-electron chi connectivity index (χ3n) is 4.10. The predicted molar refractivity (Wildman–Crippen MR) is 92.5 cm³/mol. The smallest absolute Gasteiger partial charge is 0.338 e. The minimum absolute atomic E-state index is 0.308. The second-order valence-corrected chi connectivity index (χ2v) is 6.12. The molecule has 0 radical (unpaired) electrons. The van der Waals surface area contributed by atoms with Crippen LogP contribution in [0.4, 0.5) is 0 Å². The van der Waals surface area contributed by atoms with Gasteiger partial charge in [-0.15, -0.1) is 0 Å². The van der Waals surface area contributed by atoms with Gasteiger partial charge >= 0.3 is 11.9 Å². The Morgan fingerprint density at radius 2 is 1.42 bits per heavy atom. The van der Waals surface area contributed by atoms with Gasteiger partial charge in [0.05, 0.1) is 17.2 Å². The molecule has 0 aromatic heterocycles. The van der Waals surface area contributed by atoms with Crippen molar-refractivity contribution >= 4 is 11.9 Å². The molecule has 4 atom stereocenters.